The van der Waals surface area contributed by atoms with Crippen LogP contribution >= 0.6 is 11.9 Å². The van der Waals surface area contributed by atoms with Crippen molar-refractivity contribution in [3.63, 3.8) is 0 Å². The highest BCUT2D eigenvalue weighted by Crippen LogP contribution is 2.34. The molecule has 0 aliphatic heterocycles. The van der Waals surface area contributed by atoms with Crippen molar-refractivity contribution < 1.29 is 4.39 Å². The van der Waals surface area contributed by atoms with Crippen LogP contribution in [0.4, 0.5) is 10.3 Å². The van der Waals surface area contributed by atoms with Crippen LogP contribution in [0.25, 0.3) is 16.8 Å². The summed E-state index contributed by atoms with van der Waals surface area (Å²) < 4.78 is 16.4. The maximum Gasteiger partial charge on any atom is 0.233 e. The van der Waals surface area contributed by atoms with Crippen molar-refractivity contribution in [1.82, 2.24) is 9.97 Å². The van der Waals surface area contributed by atoms with Crippen molar-refractivity contribution >= 4 is 23.5 Å². The SMILES string of the molecule is C=C(CC)c1c(-c2ccc(F)cc2)nc(NSC)nc1C(C)C. The fraction of sp³-hybridized carbons (Fsp3) is 0.333. The Morgan fingerprint density at radius 3 is 2.43 bits per heavy atom. The van der Waals surface area contributed by atoms with Gasteiger partial charge in [0.05, 0.1) is 11.4 Å². The summed E-state index contributed by atoms with van der Waals surface area (Å²) in [4.78, 5) is 9.30. The van der Waals surface area contributed by atoms with Gasteiger partial charge >= 0.3 is 0 Å². The third-order valence-electron chi connectivity index (χ3n) is 3.58. The maximum atomic E-state index is 13.3. The molecule has 0 spiro atoms. The standard InChI is InChI=1S/C18H22FN3S/c1-6-12(4)15-16(11(2)3)20-18(22-23-5)21-17(15)13-7-9-14(19)10-8-13/h7-11H,4,6H2,1-3,5H3,(H,20,21,22). The van der Waals surface area contributed by atoms with Crippen LogP contribution in [0.5, 0.6) is 0 Å². The third-order valence-corrected chi connectivity index (χ3v) is 3.96. The van der Waals surface area contributed by atoms with Gasteiger partial charge in [0.25, 0.3) is 0 Å². The number of nitrogens with zero attached hydrogens (tertiary/aromatic N) is 2. The average molecular weight is 331 g/mol. The number of benzene rings is 1. The Bertz CT molecular complexity index is 696. The minimum absolute atomic E-state index is 0.234. The molecule has 0 saturated carbocycles. The Morgan fingerprint density at radius 1 is 1.26 bits per heavy atom. The molecule has 0 saturated heterocycles. The van der Waals surface area contributed by atoms with Gasteiger partial charge in [0.1, 0.15) is 5.82 Å². The molecule has 5 heteroatoms. The molecule has 122 valence electrons. The average Bonchev–Trinajstić information content (AvgIpc) is 2.54. The molecular formula is C18H22FN3S. The molecule has 0 aliphatic rings. The van der Waals surface area contributed by atoms with Crippen molar-refractivity contribution in [2.24, 2.45) is 0 Å². The molecule has 0 aliphatic carbocycles. The number of rotatable bonds is 6. The highest BCUT2D eigenvalue weighted by molar-refractivity contribution is 7.99. The van der Waals surface area contributed by atoms with Crippen LogP contribution in [0.2, 0.25) is 0 Å². The summed E-state index contributed by atoms with van der Waals surface area (Å²) in [6, 6.07) is 6.40. The molecule has 0 fully saturated rings. The summed E-state index contributed by atoms with van der Waals surface area (Å²) in [7, 11) is 0. The molecule has 0 amide bonds. The molecule has 23 heavy (non-hydrogen) atoms. The van der Waals surface area contributed by atoms with Gasteiger partial charge < -0.3 is 0 Å². The highest BCUT2D eigenvalue weighted by atomic mass is 32.2. The van der Waals surface area contributed by atoms with Crippen LogP contribution in [0, 0.1) is 5.82 Å². The van der Waals surface area contributed by atoms with Gasteiger partial charge in [0.15, 0.2) is 0 Å². The van der Waals surface area contributed by atoms with Crippen LogP contribution in [-0.4, -0.2) is 16.2 Å². The van der Waals surface area contributed by atoms with E-state index < -0.39 is 0 Å². The zero-order valence-electron chi connectivity index (χ0n) is 14.0. The van der Waals surface area contributed by atoms with E-state index in [1.165, 1.54) is 24.1 Å². The topological polar surface area (TPSA) is 37.8 Å². The summed E-state index contributed by atoms with van der Waals surface area (Å²) in [5.41, 5.74) is 4.59. The molecule has 3 nitrogen and oxygen atoms in total. The van der Waals surface area contributed by atoms with Gasteiger partial charge in [0.2, 0.25) is 5.95 Å². The lowest BCUT2D eigenvalue weighted by Crippen LogP contribution is -2.07. The number of hydrogen-bond donors (Lipinski definition) is 1. The highest BCUT2D eigenvalue weighted by Gasteiger charge is 2.19. The van der Waals surface area contributed by atoms with E-state index in [-0.39, 0.29) is 11.7 Å². The molecule has 1 N–H and O–H groups in total. The second-order valence-electron chi connectivity index (χ2n) is 5.58. The fourth-order valence-electron chi connectivity index (χ4n) is 2.37. The van der Waals surface area contributed by atoms with Gasteiger partial charge in [0, 0.05) is 17.4 Å². The van der Waals surface area contributed by atoms with E-state index in [4.69, 9.17) is 0 Å². The van der Waals surface area contributed by atoms with Gasteiger partial charge in [-0.2, -0.15) is 0 Å². The fourth-order valence-corrected chi connectivity index (χ4v) is 2.65. The summed E-state index contributed by atoms with van der Waals surface area (Å²) in [5.74, 6) is 0.538. The molecule has 0 bridgehead atoms. The van der Waals surface area contributed by atoms with Crippen molar-refractivity contribution in [2.75, 3.05) is 11.0 Å². The largest absolute Gasteiger partial charge is 0.298 e. The van der Waals surface area contributed by atoms with Crippen molar-refractivity contribution in [3.8, 4) is 11.3 Å². The summed E-state index contributed by atoms with van der Waals surface area (Å²) in [6.07, 6.45) is 2.74. The van der Waals surface area contributed by atoms with Crippen LogP contribution < -0.4 is 4.72 Å². The molecule has 2 aromatic rings. The number of anilines is 1. The smallest absolute Gasteiger partial charge is 0.233 e. The van der Waals surface area contributed by atoms with Crippen LogP contribution in [-0.2, 0) is 0 Å². The predicted octanol–water partition coefficient (Wildman–Crippen LogP) is 5.52. The Hall–Kier alpha value is -1.88. The van der Waals surface area contributed by atoms with Crippen LogP contribution in [0.15, 0.2) is 30.8 Å². The molecule has 1 heterocycles. The van der Waals surface area contributed by atoms with Crippen LogP contribution in [0.1, 0.15) is 44.4 Å². The lowest BCUT2D eigenvalue weighted by Gasteiger charge is -2.19. The molecule has 0 unspecified atom stereocenters. The number of halogens is 1. The normalized spacial score (nSPS) is 10.9. The van der Waals surface area contributed by atoms with Gasteiger partial charge in [-0.1, -0.05) is 39.3 Å². The van der Waals surface area contributed by atoms with E-state index in [2.05, 4.69) is 42.0 Å². The quantitative estimate of drug-likeness (QED) is 0.707. The zero-order valence-corrected chi connectivity index (χ0v) is 14.8. The Balaban J connectivity index is 2.74. The monoisotopic (exact) mass is 331 g/mol. The molecule has 2 rings (SSSR count). The van der Waals surface area contributed by atoms with E-state index >= 15 is 0 Å². The maximum absolute atomic E-state index is 13.3. The Kier molecular flexibility index (Phi) is 5.77. The molecule has 1 aromatic heterocycles. The predicted molar refractivity (Wildman–Crippen MR) is 98.0 cm³/mol. The summed E-state index contributed by atoms with van der Waals surface area (Å²) in [5, 5.41) is 0. The Morgan fingerprint density at radius 2 is 1.91 bits per heavy atom. The van der Waals surface area contributed by atoms with E-state index in [1.807, 2.05) is 6.26 Å². The molecule has 1 aromatic carbocycles. The van der Waals surface area contributed by atoms with Gasteiger partial charge in [-0.25, -0.2) is 14.4 Å². The first kappa shape index (κ1) is 17.5. The number of aromatic nitrogens is 2. The Labute approximate surface area is 141 Å². The van der Waals surface area contributed by atoms with E-state index in [0.717, 1.165) is 34.5 Å². The number of hydrogen-bond acceptors (Lipinski definition) is 4. The second kappa shape index (κ2) is 7.59. The van der Waals surface area contributed by atoms with Crippen LogP contribution in [0.3, 0.4) is 0 Å². The second-order valence-corrected chi connectivity index (χ2v) is 6.19. The zero-order chi connectivity index (χ0) is 17.0. The molecule has 0 atom stereocenters. The minimum Gasteiger partial charge on any atom is -0.298 e. The number of nitrogens with one attached hydrogen (secondary N) is 1. The number of allylic oxidation sites excluding steroid dienone is 1. The van der Waals surface area contributed by atoms with Crippen molar-refractivity contribution in [1.29, 1.82) is 0 Å². The molecular weight excluding hydrogens is 309 g/mol. The summed E-state index contributed by atoms with van der Waals surface area (Å²) >= 11 is 1.44. The van der Waals surface area contributed by atoms with E-state index in [0.29, 0.717) is 5.95 Å². The molecule has 0 radical (unpaired) electrons. The van der Waals surface area contributed by atoms with Gasteiger partial charge in [-0.3, -0.25) is 4.72 Å². The lowest BCUT2D eigenvalue weighted by atomic mass is 9.92. The summed E-state index contributed by atoms with van der Waals surface area (Å²) in [6.45, 7) is 10.5. The van der Waals surface area contributed by atoms with E-state index in [9.17, 15) is 4.39 Å². The lowest BCUT2D eigenvalue weighted by molar-refractivity contribution is 0.628. The van der Waals surface area contributed by atoms with Crippen molar-refractivity contribution in [2.45, 2.75) is 33.1 Å². The third kappa shape index (κ3) is 3.91. The first-order chi connectivity index (χ1) is 11.0. The first-order valence-electron chi connectivity index (χ1n) is 7.62. The van der Waals surface area contributed by atoms with E-state index in [1.54, 1.807) is 12.1 Å². The van der Waals surface area contributed by atoms with Crippen molar-refractivity contribution in [3.05, 3.63) is 47.9 Å². The van der Waals surface area contributed by atoms with Gasteiger partial charge in [-0.15, -0.1) is 0 Å². The minimum atomic E-state index is -0.259. The van der Waals surface area contributed by atoms with Gasteiger partial charge in [-0.05, 0) is 42.2 Å². The first-order valence-corrected chi connectivity index (χ1v) is 8.85.